The highest BCUT2D eigenvalue weighted by Crippen LogP contribution is 2.34. The van der Waals surface area contributed by atoms with Crippen LogP contribution >= 0.6 is 11.5 Å². The molecular formula is C15H21FN4S. The smallest absolute Gasteiger partial charge is 0.146 e. The summed E-state index contributed by atoms with van der Waals surface area (Å²) in [6.07, 6.45) is 3.84. The summed E-state index contributed by atoms with van der Waals surface area (Å²) in [6.45, 7) is 9.16. The lowest BCUT2D eigenvalue weighted by atomic mass is 9.89. The maximum atomic E-state index is 14.1. The summed E-state index contributed by atoms with van der Waals surface area (Å²) in [6, 6.07) is 1.48. The van der Waals surface area contributed by atoms with Crippen molar-refractivity contribution in [3.05, 3.63) is 40.4 Å². The maximum absolute atomic E-state index is 14.1. The van der Waals surface area contributed by atoms with Gasteiger partial charge in [-0.2, -0.15) is 0 Å². The second-order valence-corrected chi connectivity index (χ2v) is 6.81. The Kier molecular flexibility index (Phi) is 5.00. The number of halogens is 1. The molecule has 114 valence electrons. The van der Waals surface area contributed by atoms with Crippen molar-refractivity contribution in [2.24, 2.45) is 0 Å². The van der Waals surface area contributed by atoms with E-state index in [1.165, 1.54) is 17.7 Å². The average molecular weight is 308 g/mol. The Morgan fingerprint density at radius 2 is 2.14 bits per heavy atom. The lowest BCUT2D eigenvalue weighted by Gasteiger charge is -2.23. The van der Waals surface area contributed by atoms with Crippen LogP contribution < -0.4 is 5.32 Å². The first kappa shape index (κ1) is 16.0. The molecule has 1 N–H and O–H groups in total. The Morgan fingerprint density at radius 3 is 2.76 bits per heavy atom. The molecule has 0 aliphatic heterocycles. The van der Waals surface area contributed by atoms with Gasteiger partial charge in [0.25, 0.3) is 0 Å². The number of hydrogen-bond donors (Lipinski definition) is 1. The number of pyridine rings is 1. The number of nitrogens with zero attached hydrogens (tertiary/aromatic N) is 3. The zero-order valence-corrected chi connectivity index (χ0v) is 13.7. The Balaban J connectivity index is 2.47. The zero-order valence-electron chi connectivity index (χ0n) is 12.9. The van der Waals surface area contributed by atoms with Crippen LogP contribution in [0, 0.1) is 5.82 Å². The fraction of sp³-hybridized carbons (Fsp3) is 0.533. The van der Waals surface area contributed by atoms with Crippen LogP contribution in [0.1, 0.15) is 56.3 Å². The molecule has 0 radical (unpaired) electrons. The molecule has 4 nitrogen and oxygen atoms in total. The highest BCUT2D eigenvalue weighted by Gasteiger charge is 2.29. The van der Waals surface area contributed by atoms with Crippen molar-refractivity contribution in [1.29, 1.82) is 0 Å². The molecule has 1 atom stereocenters. The summed E-state index contributed by atoms with van der Waals surface area (Å²) in [5, 5.41) is 7.67. The van der Waals surface area contributed by atoms with Gasteiger partial charge in [-0.15, -0.1) is 5.10 Å². The minimum absolute atomic E-state index is 0.127. The Bertz CT molecular complexity index is 591. The van der Waals surface area contributed by atoms with Gasteiger partial charge in [-0.05, 0) is 30.6 Å². The van der Waals surface area contributed by atoms with E-state index in [-0.39, 0.29) is 17.3 Å². The van der Waals surface area contributed by atoms with Crippen molar-refractivity contribution in [2.45, 2.75) is 45.6 Å². The molecule has 21 heavy (non-hydrogen) atoms. The van der Waals surface area contributed by atoms with Gasteiger partial charge in [0.1, 0.15) is 5.82 Å². The Labute approximate surface area is 129 Å². The van der Waals surface area contributed by atoms with Crippen LogP contribution in [0.3, 0.4) is 0 Å². The quantitative estimate of drug-likeness (QED) is 0.919. The predicted octanol–water partition coefficient (Wildman–Crippen LogP) is 3.46. The van der Waals surface area contributed by atoms with Crippen LogP contribution in [0.25, 0.3) is 0 Å². The van der Waals surface area contributed by atoms with E-state index in [9.17, 15) is 4.39 Å². The first-order chi connectivity index (χ1) is 9.95. The monoisotopic (exact) mass is 308 g/mol. The standard InChI is InChI=1S/C15H21FN4S/c1-5-7-18-12(10-6-8-17-9-11(10)16)13-14(15(2,3)4)19-20-21-13/h6,8-9,12,18H,5,7H2,1-4H3. The van der Waals surface area contributed by atoms with Gasteiger partial charge < -0.3 is 5.32 Å². The molecule has 0 spiro atoms. The fourth-order valence-electron chi connectivity index (χ4n) is 2.16. The molecule has 2 heterocycles. The van der Waals surface area contributed by atoms with Gasteiger partial charge in [-0.1, -0.05) is 32.2 Å². The van der Waals surface area contributed by atoms with Crippen molar-refractivity contribution < 1.29 is 4.39 Å². The molecule has 0 amide bonds. The minimum atomic E-state index is -0.306. The van der Waals surface area contributed by atoms with Gasteiger partial charge in [-0.3, -0.25) is 4.98 Å². The number of aromatic nitrogens is 3. The third-order valence-corrected chi connectivity index (χ3v) is 3.99. The molecule has 2 rings (SSSR count). The maximum Gasteiger partial charge on any atom is 0.146 e. The van der Waals surface area contributed by atoms with Crippen molar-refractivity contribution in [3.8, 4) is 0 Å². The summed E-state index contributed by atoms with van der Waals surface area (Å²) in [5.41, 5.74) is 1.38. The van der Waals surface area contributed by atoms with Gasteiger partial charge in [0, 0.05) is 17.2 Å². The first-order valence-electron chi connectivity index (χ1n) is 7.10. The normalized spacial score (nSPS) is 13.4. The molecule has 0 aromatic carbocycles. The molecule has 0 aliphatic rings. The summed E-state index contributed by atoms with van der Waals surface area (Å²) < 4.78 is 18.2. The highest BCUT2D eigenvalue weighted by molar-refractivity contribution is 7.05. The highest BCUT2D eigenvalue weighted by atomic mass is 32.1. The third kappa shape index (κ3) is 3.63. The van der Waals surface area contributed by atoms with E-state index >= 15 is 0 Å². The topological polar surface area (TPSA) is 50.7 Å². The van der Waals surface area contributed by atoms with Crippen LogP contribution in [0.5, 0.6) is 0 Å². The summed E-state index contributed by atoms with van der Waals surface area (Å²) in [4.78, 5) is 4.80. The van der Waals surface area contributed by atoms with E-state index in [1.54, 1.807) is 12.3 Å². The second-order valence-electron chi connectivity index (χ2n) is 6.02. The van der Waals surface area contributed by atoms with E-state index in [0.717, 1.165) is 23.5 Å². The molecule has 0 fully saturated rings. The van der Waals surface area contributed by atoms with Gasteiger partial charge in [0.15, 0.2) is 0 Å². The lowest BCUT2D eigenvalue weighted by molar-refractivity contribution is 0.520. The van der Waals surface area contributed by atoms with Crippen molar-refractivity contribution in [3.63, 3.8) is 0 Å². The number of rotatable bonds is 5. The Hall–Kier alpha value is -1.40. The van der Waals surface area contributed by atoms with Crippen molar-refractivity contribution in [2.75, 3.05) is 6.54 Å². The van der Waals surface area contributed by atoms with E-state index < -0.39 is 0 Å². The van der Waals surface area contributed by atoms with Crippen molar-refractivity contribution >= 4 is 11.5 Å². The van der Waals surface area contributed by atoms with Gasteiger partial charge in [0.2, 0.25) is 0 Å². The Morgan fingerprint density at radius 1 is 1.38 bits per heavy atom. The third-order valence-electron chi connectivity index (χ3n) is 3.20. The van der Waals surface area contributed by atoms with Gasteiger partial charge in [-0.25, -0.2) is 4.39 Å². The zero-order chi connectivity index (χ0) is 15.5. The second kappa shape index (κ2) is 6.58. The van der Waals surface area contributed by atoms with E-state index in [4.69, 9.17) is 0 Å². The van der Waals surface area contributed by atoms with E-state index in [2.05, 4.69) is 47.6 Å². The molecular weight excluding hydrogens is 287 g/mol. The summed E-state index contributed by atoms with van der Waals surface area (Å²) in [5.74, 6) is -0.306. The van der Waals surface area contributed by atoms with Crippen LogP contribution in [0.15, 0.2) is 18.5 Å². The molecule has 2 aromatic rings. The SMILES string of the molecule is CCCNC(c1ccncc1F)c1snnc1C(C)(C)C. The van der Waals surface area contributed by atoms with Crippen LogP contribution in [-0.2, 0) is 5.41 Å². The lowest BCUT2D eigenvalue weighted by Crippen LogP contribution is -2.26. The molecule has 2 aromatic heterocycles. The summed E-state index contributed by atoms with van der Waals surface area (Å²) in [7, 11) is 0. The minimum Gasteiger partial charge on any atom is -0.305 e. The van der Waals surface area contributed by atoms with Gasteiger partial charge >= 0.3 is 0 Å². The molecule has 6 heteroatoms. The van der Waals surface area contributed by atoms with Crippen molar-refractivity contribution in [1.82, 2.24) is 19.9 Å². The largest absolute Gasteiger partial charge is 0.305 e. The molecule has 0 saturated heterocycles. The molecule has 0 bridgehead atoms. The van der Waals surface area contributed by atoms with E-state index in [1.807, 2.05) is 0 Å². The van der Waals surface area contributed by atoms with Crippen LogP contribution in [0.4, 0.5) is 4.39 Å². The molecule has 0 saturated carbocycles. The predicted molar refractivity (Wildman–Crippen MR) is 82.9 cm³/mol. The average Bonchev–Trinajstić information content (AvgIpc) is 2.90. The van der Waals surface area contributed by atoms with Crippen LogP contribution in [-0.4, -0.2) is 21.1 Å². The summed E-state index contributed by atoms with van der Waals surface area (Å²) >= 11 is 1.33. The van der Waals surface area contributed by atoms with E-state index in [0.29, 0.717) is 5.56 Å². The molecule has 0 aliphatic carbocycles. The van der Waals surface area contributed by atoms with Gasteiger partial charge in [0.05, 0.1) is 22.8 Å². The number of hydrogen-bond acceptors (Lipinski definition) is 5. The fourth-order valence-corrected chi connectivity index (χ4v) is 3.12. The first-order valence-corrected chi connectivity index (χ1v) is 7.88. The molecule has 1 unspecified atom stereocenters. The number of nitrogens with one attached hydrogen (secondary N) is 1. The van der Waals surface area contributed by atoms with Crippen LogP contribution in [0.2, 0.25) is 0 Å².